The van der Waals surface area contributed by atoms with Crippen molar-refractivity contribution >= 4 is 35.4 Å². The summed E-state index contributed by atoms with van der Waals surface area (Å²) in [5.41, 5.74) is 7.97. The molecule has 5 atom stereocenters. The number of carbonyl (C=O) groups excluding carboxylic acids is 3. The van der Waals surface area contributed by atoms with Crippen LogP contribution in [0.1, 0.15) is 63.1 Å². The number of carbonyl (C=O) groups is 3. The largest absolute Gasteiger partial charge is 0.505 e. The lowest BCUT2D eigenvalue weighted by molar-refractivity contribution is -0.139. The van der Waals surface area contributed by atoms with Crippen LogP contribution in [-0.2, 0) is 30.3 Å². The van der Waals surface area contributed by atoms with Crippen molar-refractivity contribution in [2.24, 2.45) is 11.7 Å². The monoisotopic (exact) mass is 641 g/mol. The third kappa shape index (κ3) is 6.45. The van der Waals surface area contributed by atoms with Gasteiger partial charge in [0.1, 0.15) is 29.3 Å². The Bertz CT molecular complexity index is 1430. The summed E-state index contributed by atoms with van der Waals surface area (Å²) >= 11 is 1.48. The van der Waals surface area contributed by atoms with E-state index in [1.807, 2.05) is 58.9 Å². The number of rotatable bonds is 10. The lowest BCUT2D eigenvalue weighted by Crippen LogP contribution is -2.52. The SMILES string of the molecule is CCOc1ccc([C@H](CC)C(=O)N2CSC(C)(C)[C@H]2C(N)=O)c(O)c1N(Cc1ccccc1C)C(=O)O[C@@H]1CO[C@@H]2OCC[C@H]21. The van der Waals surface area contributed by atoms with Gasteiger partial charge < -0.3 is 34.7 Å². The third-order valence-electron chi connectivity index (χ3n) is 8.94. The molecule has 3 aliphatic heterocycles. The van der Waals surface area contributed by atoms with Crippen LogP contribution < -0.4 is 15.4 Å². The normalized spacial score (nSPS) is 24.2. The maximum Gasteiger partial charge on any atom is 0.415 e. The summed E-state index contributed by atoms with van der Waals surface area (Å²) in [5, 5.41) is 12.0. The molecule has 0 saturated carbocycles. The van der Waals surface area contributed by atoms with Gasteiger partial charge in [0.05, 0.1) is 44.1 Å². The smallest absolute Gasteiger partial charge is 0.415 e. The Morgan fingerprint density at radius 1 is 1.18 bits per heavy atom. The number of fused-ring (bicyclic) bond motifs is 1. The van der Waals surface area contributed by atoms with Crippen LogP contribution in [-0.4, -0.2) is 76.8 Å². The van der Waals surface area contributed by atoms with E-state index in [0.29, 0.717) is 30.9 Å². The molecule has 3 heterocycles. The van der Waals surface area contributed by atoms with Crippen LogP contribution in [0.5, 0.6) is 11.5 Å². The summed E-state index contributed by atoms with van der Waals surface area (Å²) in [6.45, 7) is 10.5. The number of phenolic OH excluding ortho intramolecular Hbond substituents is 1. The molecule has 11 nitrogen and oxygen atoms in total. The van der Waals surface area contributed by atoms with E-state index in [2.05, 4.69) is 0 Å². The van der Waals surface area contributed by atoms with E-state index in [4.69, 9.17) is 24.7 Å². The second-order valence-corrected chi connectivity index (χ2v) is 13.8. The van der Waals surface area contributed by atoms with Gasteiger partial charge in [-0.25, -0.2) is 4.79 Å². The number of thioether (sulfide) groups is 1. The van der Waals surface area contributed by atoms with Gasteiger partial charge in [0.15, 0.2) is 6.29 Å². The average Bonchev–Trinajstić information content (AvgIpc) is 3.70. The predicted molar refractivity (Wildman–Crippen MR) is 170 cm³/mol. The molecular formula is C33H43N3O8S. The fraction of sp³-hybridized carbons (Fsp3) is 0.545. The first-order valence-electron chi connectivity index (χ1n) is 15.5. The Kier molecular flexibility index (Phi) is 9.85. The van der Waals surface area contributed by atoms with Crippen LogP contribution in [0.25, 0.3) is 0 Å². The fourth-order valence-electron chi connectivity index (χ4n) is 6.50. The summed E-state index contributed by atoms with van der Waals surface area (Å²) in [6.07, 6.45) is -0.561. The number of hydrogen-bond donors (Lipinski definition) is 2. The highest BCUT2D eigenvalue weighted by Gasteiger charge is 2.49. The van der Waals surface area contributed by atoms with Gasteiger partial charge in [-0.1, -0.05) is 37.3 Å². The highest BCUT2D eigenvalue weighted by molar-refractivity contribution is 8.00. The van der Waals surface area contributed by atoms with Crippen LogP contribution in [0.4, 0.5) is 10.5 Å². The number of ether oxygens (including phenoxy) is 4. The molecule has 0 aliphatic carbocycles. The maximum atomic E-state index is 14.1. The second-order valence-electron chi connectivity index (χ2n) is 12.2. The lowest BCUT2D eigenvalue weighted by Gasteiger charge is -2.32. The zero-order chi connectivity index (χ0) is 32.5. The van der Waals surface area contributed by atoms with Crippen molar-refractivity contribution in [3.63, 3.8) is 0 Å². The van der Waals surface area contributed by atoms with Crippen molar-refractivity contribution in [1.29, 1.82) is 0 Å². The topological polar surface area (TPSA) is 141 Å². The summed E-state index contributed by atoms with van der Waals surface area (Å²) < 4.78 is 22.8. The van der Waals surface area contributed by atoms with E-state index >= 15 is 0 Å². The molecule has 3 saturated heterocycles. The quantitative estimate of drug-likeness (QED) is 0.379. The molecule has 45 heavy (non-hydrogen) atoms. The minimum atomic E-state index is -0.813. The molecule has 12 heteroatoms. The van der Waals surface area contributed by atoms with E-state index in [-0.39, 0.29) is 48.8 Å². The summed E-state index contributed by atoms with van der Waals surface area (Å²) in [4.78, 5) is 43.5. The fourth-order valence-corrected chi connectivity index (χ4v) is 7.65. The van der Waals surface area contributed by atoms with E-state index in [1.165, 1.54) is 21.6 Å². The standard InChI is InChI=1S/C33H43N3O8S/c1-6-21(30(39)36-18-45-33(4,5)28(36)29(34)38)22-12-13-24(41-7-2)26(27(22)37)35(16-20-11-9-8-10-19(20)3)32(40)44-25-17-43-31-23(25)14-15-42-31/h8-13,21,23,25,28,31,37H,6-7,14-18H2,1-5H3,(H2,34,38)/t21-,23-,25+,28+,31-/m0/s1. The number of aryl methyl sites for hydroxylation is 1. The van der Waals surface area contributed by atoms with Gasteiger partial charge in [-0.15, -0.1) is 11.8 Å². The molecule has 3 amide bonds. The maximum absolute atomic E-state index is 14.1. The summed E-state index contributed by atoms with van der Waals surface area (Å²) in [7, 11) is 0. The highest BCUT2D eigenvalue weighted by atomic mass is 32.2. The number of benzene rings is 2. The minimum absolute atomic E-state index is 0.0756. The molecule has 0 radical (unpaired) electrons. The van der Waals surface area contributed by atoms with Crippen molar-refractivity contribution in [1.82, 2.24) is 4.90 Å². The number of aromatic hydroxyl groups is 1. The number of nitrogens with zero attached hydrogens (tertiary/aromatic N) is 2. The molecular weight excluding hydrogens is 598 g/mol. The number of nitrogens with two attached hydrogens (primary N) is 1. The van der Waals surface area contributed by atoms with Gasteiger partial charge in [-0.05, 0) is 57.7 Å². The zero-order valence-electron chi connectivity index (χ0n) is 26.5. The van der Waals surface area contributed by atoms with E-state index in [1.54, 1.807) is 12.1 Å². The van der Waals surface area contributed by atoms with Gasteiger partial charge in [-0.3, -0.25) is 14.5 Å². The molecule has 0 bridgehead atoms. The highest BCUT2D eigenvalue weighted by Crippen LogP contribution is 2.47. The minimum Gasteiger partial charge on any atom is -0.505 e. The zero-order valence-corrected chi connectivity index (χ0v) is 27.3. The van der Waals surface area contributed by atoms with Gasteiger partial charge in [0.2, 0.25) is 11.8 Å². The second kappa shape index (κ2) is 13.5. The average molecular weight is 642 g/mol. The van der Waals surface area contributed by atoms with Gasteiger partial charge in [-0.2, -0.15) is 0 Å². The molecule has 3 aliphatic rings. The van der Waals surface area contributed by atoms with Crippen molar-refractivity contribution in [3.05, 3.63) is 53.1 Å². The molecule has 3 fully saturated rings. The van der Waals surface area contributed by atoms with Gasteiger partial charge in [0.25, 0.3) is 0 Å². The van der Waals surface area contributed by atoms with E-state index in [0.717, 1.165) is 11.1 Å². The first-order chi connectivity index (χ1) is 21.5. The molecule has 0 unspecified atom stereocenters. The third-order valence-corrected chi connectivity index (χ3v) is 10.3. The van der Waals surface area contributed by atoms with Crippen molar-refractivity contribution in [2.75, 3.05) is 30.6 Å². The number of primary amides is 1. The van der Waals surface area contributed by atoms with Crippen LogP contribution in [0.15, 0.2) is 36.4 Å². The Hall–Kier alpha value is -3.48. The molecule has 0 spiro atoms. The van der Waals surface area contributed by atoms with Gasteiger partial charge >= 0.3 is 6.09 Å². The first kappa shape index (κ1) is 32.9. The number of anilines is 1. The number of phenols is 1. The number of amides is 3. The molecule has 5 rings (SSSR count). The van der Waals surface area contributed by atoms with Crippen molar-refractivity contribution in [2.45, 2.75) is 83.1 Å². The number of hydrogen-bond acceptors (Lipinski definition) is 9. The van der Waals surface area contributed by atoms with Crippen molar-refractivity contribution < 1.29 is 38.4 Å². The van der Waals surface area contributed by atoms with Crippen LogP contribution in [0, 0.1) is 12.8 Å². The predicted octanol–water partition coefficient (Wildman–Crippen LogP) is 4.66. The summed E-state index contributed by atoms with van der Waals surface area (Å²) in [5.74, 6) is -1.50. The molecule has 3 N–H and O–H groups in total. The Labute approximate surface area is 268 Å². The van der Waals surface area contributed by atoms with E-state index < -0.39 is 41.1 Å². The van der Waals surface area contributed by atoms with Crippen molar-refractivity contribution in [3.8, 4) is 11.5 Å². The van der Waals surface area contributed by atoms with Gasteiger partial charge in [0, 0.05) is 10.3 Å². The molecule has 2 aromatic carbocycles. The Balaban J connectivity index is 1.56. The Morgan fingerprint density at radius 2 is 1.93 bits per heavy atom. The Morgan fingerprint density at radius 3 is 2.62 bits per heavy atom. The van der Waals surface area contributed by atoms with E-state index in [9.17, 15) is 19.5 Å². The van der Waals surface area contributed by atoms with Crippen LogP contribution in [0.3, 0.4) is 0 Å². The molecule has 0 aromatic heterocycles. The molecule has 2 aromatic rings. The first-order valence-corrected chi connectivity index (χ1v) is 16.4. The molecule has 244 valence electrons. The van der Waals surface area contributed by atoms with Crippen LogP contribution in [0.2, 0.25) is 0 Å². The lowest BCUT2D eigenvalue weighted by atomic mass is 9.91. The summed E-state index contributed by atoms with van der Waals surface area (Å²) in [6, 6.07) is 10.1. The van der Waals surface area contributed by atoms with Crippen LogP contribution >= 0.6 is 11.8 Å².